The van der Waals surface area contributed by atoms with E-state index in [2.05, 4.69) is 26.3 Å². The summed E-state index contributed by atoms with van der Waals surface area (Å²) in [6, 6.07) is -3.84. The van der Waals surface area contributed by atoms with E-state index < -0.39 is 54.3 Å². The number of urea groups is 1. The third-order valence-electron chi connectivity index (χ3n) is 7.70. The summed E-state index contributed by atoms with van der Waals surface area (Å²) in [5, 5.41) is 51.7. The summed E-state index contributed by atoms with van der Waals surface area (Å²) < 4.78 is 1.71. The topological polar surface area (TPSA) is 293 Å². The molecule has 1 aromatic rings. The number of unbranched alkanes of at least 4 members (excludes halogenated alkanes) is 5. The molecule has 1 heterocycles. The SMILES string of the molecule is NCCc1cn(CCCCC(CC(=O)CCCCCCC(=O)NCCCCC(NC(=O)NC(CCC(=O)O)C(=O)O)C(=O)O)C(=O)O)nn1. The number of ketones is 1. The molecule has 0 aliphatic carbocycles. The number of carbonyl (C=O) groups is 7. The molecule has 0 aromatic carbocycles. The summed E-state index contributed by atoms with van der Waals surface area (Å²) in [7, 11) is 0. The van der Waals surface area contributed by atoms with Crippen LogP contribution in [0.4, 0.5) is 4.79 Å². The number of aromatic nitrogens is 3. The van der Waals surface area contributed by atoms with Crippen LogP contribution >= 0.6 is 0 Å². The number of nitrogens with one attached hydrogen (secondary N) is 3. The van der Waals surface area contributed by atoms with Crippen LogP contribution in [0.2, 0.25) is 0 Å². The van der Waals surface area contributed by atoms with Gasteiger partial charge in [-0.25, -0.2) is 14.4 Å². The van der Waals surface area contributed by atoms with Gasteiger partial charge in [-0.1, -0.05) is 24.5 Å². The molecule has 0 aliphatic rings. The number of aliphatic carboxylic acids is 4. The molecule has 1 aromatic heterocycles. The first-order valence-electron chi connectivity index (χ1n) is 16.7. The van der Waals surface area contributed by atoms with Crippen molar-refractivity contribution in [1.29, 1.82) is 0 Å². The Morgan fingerprint density at radius 2 is 1.37 bits per heavy atom. The first-order chi connectivity index (χ1) is 23.3. The zero-order valence-corrected chi connectivity index (χ0v) is 27.8. The Hall–Kier alpha value is -4.61. The molecule has 1 rings (SSSR count). The number of amides is 3. The van der Waals surface area contributed by atoms with Gasteiger partial charge in [0.15, 0.2) is 0 Å². The monoisotopic (exact) mass is 697 g/mol. The number of hydrogen-bond donors (Lipinski definition) is 8. The Morgan fingerprint density at radius 3 is 1.98 bits per heavy atom. The molecule has 276 valence electrons. The maximum absolute atomic E-state index is 12.4. The highest BCUT2D eigenvalue weighted by Crippen LogP contribution is 2.17. The minimum absolute atomic E-state index is 0.00201. The Morgan fingerprint density at radius 1 is 0.735 bits per heavy atom. The molecule has 49 heavy (non-hydrogen) atoms. The van der Waals surface area contributed by atoms with E-state index in [0.29, 0.717) is 64.6 Å². The van der Waals surface area contributed by atoms with E-state index in [1.807, 2.05) is 6.20 Å². The lowest BCUT2D eigenvalue weighted by Crippen LogP contribution is -2.51. The molecular formula is C31H51N7O11. The molecule has 0 saturated heterocycles. The molecule has 3 unspecified atom stereocenters. The van der Waals surface area contributed by atoms with Gasteiger partial charge in [0.2, 0.25) is 5.91 Å². The van der Waals surface area contributed by atoms with Gasteiger partial charge in [0.25, 0.3) is 0 Å². The van der Waals surface area contributed by atoms with Crippen molar-refractivity contribution in [1.82, 2.24) is 30.9 Å². The highest BCUT2D eigenvalue weighted by molar-refractivity contribution is 5.86. The minimum Gasteiger partial charge on any atom is -0.481 e. The molecule has 0 radical (unpaired) electrons. The maximum atomic E-state index is 12.4. The van der Waals surface area contributed by atoms with E-state index in [9.17, 15) is 43.8 Å². The van der Waals surface area contributed by atoms with Gasteiger partial charge < -0.3 is 42.1 Å². The van der Waals surface area contributed by atoms with Gasteiger partial charge >= 0.3 is 29.9 Å². The molecule has 18 heteroatoms. The maximum Gasteiger partial charge on any atom is 0.326 e. The number of hydrogen-bond acceptors (Lipinski definition) is 10. The van der Waals surface area contributed by atoms with Gasteiger partial charge in [-0.15, -0.1) is 5.10 Å². The van der Waals surface area contributed by atoms with Gasteiger partial charge in [0.05, 0.1) is 11.6 Å². The molecule has 0 saturated carbocycles. The van der Waals surface area contributed by atoms with E-state index in [1.165, 1.54) is 0 Å². The van der Waals surface area contributed by atoms with Crippen LogP contribution in [0.1, 0.15) is 102 Å². The van der Waals surface area contributed by atoms with Gasteiger partial charge in [-0.2, -0.15) is 0 Å². The van der Waals surface area contributed by atoms with Crippen LogP contribution in [-0.2, 0) is 41.7 Å². The largest absolute Gasteiger partial charge is 0.481 e. The molecule has 9 N–H and O–H groups in total. The number of nitrogens with zero attached hydrogens (tertiary/aromatic N) is 3. The minimum atomic E-state index is -1.49. The third-order valence-corrected chi connectivity index (χ3v) is 7.70. The summed E-state index contributed by atoms with van der Waals surface area (Å²) in [4.78, 5) is 81.6. The lowest BCUT2D eigenvalue weighted by Gasteiger charge is -2.18. The number of rotatable bonds is 29. The fourth-order valence-electron chi connectivity index (χ4n) is 4.96. The van der Waals surface area contributed by atoms with Crippen molar-refractivity contribution in [3.63, 3.8) is 0 Å². The number of aryl methyl sites for hydroxylation is 1. The Kier molecular flexibility index (Phi) is 21.2. The quantitative estimate of drug-likeness (QED) is 0.0548. The fraction of sp³-hybridized carbons (Fsp3) is 0.710. The van der Waals surface area contributed by atoms with Gasteiger partial charge in [0.1, 0.15) is 17.9 Å². The van der Waals surface area contributed by atoms with E-state index in [-0.39, 0.29) is 43.8 Å². The molecule has 0 fully saturated rings. The van der Waals surface area contributed by atoms with Crippen LogP contribution < -0.4 is 21.7 Å². The van der Waals surface area contributed by atoms with Crippen molar-refractivity contribution in [2.75, 3.05) is 13.1 Å². The number of carboxylic acids is 4. The second-order valence-electron chi connectivity index (χ2n) is 11.9. The summed E-state index contributed by atoms with van der Waals surface area (Å²) in [6.45, 7) is 1.40. The van der Waals surface area contributed by atoms with Crippen molar-refractivity contribution >= 4 is 41.6 Å². The number of carbonyl (C=O) groups excluding carboxylic acids is 3. The van der Waals surface area contributed by atoms with Crippen molar-refractivity contribution in [3.05, 3.63) is 11.9 Å². The zero-order valence-electron chi connectivity index (χ0n) is 27.8. The lowest BCUT2D eigenvalue weighted by molar-refractivity contribution is -0.144. The molecule has 0 aliphatic heterocycles. The van der Waals surface area contributed by atoms with Crippen molar-refractivity contribution in [2.45, 2.75) is 121 Å². The smallest absolute Gasteiger partial charge is 0.326 e. The van der Waals surface area contributed by atoms with Crippen LogP contribution in [0.3, 0.4) is 0 Å². The summed E-state index contributed by atoms with van der Waals surface area (Å²) >= 11 is 0. The van der Waals surface area contributed by atoms with Gasteiger partial charge in [-0.3, -0.25) is 23.9 Å². The third kappa shape index (κ3) is 20.4. The first-order valence-corrected chi connectivity index (χ1v) is 16.7. The molecule has 3 amide bonds. The fourth-order valence-corrected chi connectivity index (χ4v) is 4.96. The van der Waals surface area contributed by atoms with Crippen LogP contribution in [-0.4, -0.2) is 102 Å². The normalized spacial score (nSPS) is 12.8. The Balaban J connectivity index is 2.17. The predicted molar refractivity (Wildman–Crippen MR) is 173 cm³/mol. The number of carboxylic acid groups (broad SMARTS) is 4. The van der Waals surface area contributed by atoms with Crippen molar-refractivity contribution in [3.8, 4) is 0 Å². The molecule has 3 atom stereocenters. The van der Waals surface area contributed by atoms with Gasteiger partial charge in [-0.05, 0) is 57.9 Å². The molecule has 0 bridgehead atoms. The Bertz CT molecular complexity index is 1220. The van der Waals surface area contributed by atoms with E-state index in [0.717, 1.165) is 25.0 Å². The van der Waals surface area contributed by atoms with Crippen LogP contribution in [0.25, 0.3) is 0 Å². The average molecular weight is 698 g/mol. The summed E-state index contributed by atoms with van der Waals surface area (Å²) in [6.07, 6.45) is 7.44. The van der Waals surface area contributed by atoms with E-state index >= 15 is 0 Å². The summed E-state index contributed by atoms with van der Waals surface area (Å²) in [5.41, 5.74) is 6.32. The van der Waals surface area contributed by atoms with Crippen LogP contribution in [0, 0.1) is 5.92 Å². The molecular weight excluding hydrogens is 646 g/mol. The van der Waals surface area contributed by atoms with Crippen molar-refractivity contribution < 1.29 is 54.0 Å². The molecule has 18 nitrogen and oxygen atoms in total. The van der Waals surface area contributed by atoms with Crippen molar-refractivity contribution in [2.24, 2.45) is 11.7 Å². The van der Waals surface area contributed by atoms with E-state index in [1.54, 1.807) is 4.68 Å². The first kappa shape index (κ1) is 42.4. The van der Waals surface area contributed by atoms with Crippen LogP contribution in [0.5, 0.6) is 0 Å². The van der Waals surface area contributed by atoms with E-state index in [4.69, 9.17) is 15.9 Å². The molecule has 0 spiro atoms. The predicted octanol–water partition coefficient (Wildman–Crippen LogP) is 1.31. The average Bonchev–Trinajstić information content (AvgIpc) is 3.48. The highest BCUT2D eigenvalue weighted by atomic mass is 16.4. The standard InChI is InChI=1S/C31H51N7O11/c32-16-15-22-20-38(37-36-22)18-8-6-9-21(28(43)44)19-23(39)10-3-1-2-4-12-26(40)33-17-7-5-11-24(29(45)46)34-31(49)35-25(30(47)48)13-14-27(41)42/h20-21,24-25H,1-19,32H2,(H,33,40)(H,41,42)(H,43,44)(H,45,46)(H,47,48)(H2,34,35,49). The highest BCUT2D eigenvalue weighted by Gasteiger charge is 2.25. The Labute approximate surface area is 284 Å². The lowest BCUT2D eigenvalue weighted by atomic mass is 9.94. The number of nitrogens with two attached hydrogens (primary N) is 1. The zero-order chi connectivity index (χ0) is 36.6. The second-order valence-corrected chi connectivity index (χ2v) is 11.9. The second kappa shape index (κ2) is 24.5. The number of Topliss-reactive ketones (excluding diaryl/α,β-unsaturated/α-hetero) is 1. The van der Waals surface area contributed by atoms with Gasteiger partial charge in [0, 0.05) is 51.4 Å². The van der Waals surface area contributed by atoms with Crippen LogP contribution in [0.15, 0.2) is 6.20 Å². The summed E-state index contributed by atoms with van der Waals surface area (Å²) in [5.74, 6) is -5.97.